The van der Waals surface area contributed by atoms with Crippen LogP contribution in [0.4, 0.5) is 0 Å². The fraction of sp³-hybridized carbons (Fsp3) is 1.00. The van der Waals surface area contributed by atoms with Gasteiger partial charge in [-0.2, -0.15) is 0 Å². The van der Waals surface area contributed by atoms with Gasteiger partial charge in [-0.1, -0.05) is 33.1 Å². The second kappa shape index (κ2) is 6.01. The van der Waals surface area contributed by atoms with Gasteiger partial charge in [-0.3, -0.25) is 0 Å². The molecule has 2 N–H and O–H groups in total. The molecule has 0 aromatic rings. The van der Waals surface area contributed by atoms with Crippen LogP contribution in [-0.4, -0.2) is 26.0 Å². The molecule has 0 aromatic heterocycles. The zero-order chi connectivity index (χ0) is 12.2. The van der Waals surface area contributed by atoms with Gasteiger partial charge in [-0.25, -0.2) is 8.42 Å². The van der Waals surface area contributed by atoms with Crippen molar-refractivity contribution < 1.29 is 8.42 Å². The monoisotopic (exact) mass is 247 g/mol. The SMILES string of the molecule is CCCC1CCC(CN)C(S(=O)(=O)CC)C1. The lowest BCUT2D eigenvalue weighted by Gasteiger charge is -2.35. The van der Waals surface area contributed by atoms with Crippen molar-refractivity contribution in [1.82, 2.24) is 0 Å². The van der Waals surface area contributed by atoms with Crippen molar-refractivity contribution in [3.05, 3.63) is 0 Å². The fourth-order valence-electron chi connectivity index (χ4n) is 2.87. The standard InChI is InChI=1S/C12H25NO2S/c1-3-5-10-6-7-11(9-13)12(8-10)16(14,15)4-2/h10-12H,3-9,13H2,1-2H3. The molecule has 1 saturated carbocycles. The van der Waals surface area contributed by atoms with Crippen molar-refractivity contribution >= 4 is 9.84 Å². The van der Waals surface area contributed by atoms with Crippen molar-refractivity contribution in [2.24, 2.45) is 17.6 Å². The lowest BCUT2D eigenvalue weighted by molar-refractivity contribution is 0.268. The highest BCUT2D eigenvalue weighted by Gasteiger charge is 2.36. The van der Waals surface area contributed by atoms with Crippen LogP contribution in [0, 0.1) is 11.8 Å². The van der Waals surface area contributed by atoms with Crippen molar-refractivity contribution in [2.45, 2.75) is 51.2 Å². The minimum atomic E-state index is -2.91. The topological polar surface area (TPSA) is 60.2 Å². The molecule has 0 saturated heterocycles. The summed E-state index contributed by atoms with van der Waals surface area (Å²) >= 11 is 0. The number of hydrogen-bond donors (Lipinski definition) is 1. The molecule has 96 valence electrons. The van der Waals surface area contributed by atoms with Crippen LogP contribution in [0.3, 0.4) is 0 Å². The van der Waals surface area contributed by atoms with Gasteiger partial charge < -0.3 is 5.73 Å². The fourth-order valence-corrected chi connectivity index (χ4v) is 4.70. The third-order valence-corrected chi connectivity index (χ3v) is 6.21. The number of nitrogens with two attached hydrogens (primary N) is 1. The molecule has 3 nitrogen and oxygen atoms in total. The minimum absolute atomic E-state index is 0.173. The minimum Gasteiger partial charge on any atom is -0.330 e. The van der Waals surface area contributed by atoms with Crippen LogP contribution in [0.2, 0.25) is 0 Å². The van der Waals surface area contributed by atoms with Gasteiger partial charge in [0.25, 0.3) is 0 Å². The smallest absolute Gasteiger partial charge is 0.153 e. The van der Waals surface area contributed by atoms with Crippen molar-refractivity contribution in [2.75, 3.05) is 12.3 Å². The first-order valence-electron chi connectivity index (χ1n) is 6.46. The Morgan fingerprint density at radius 1 is 1.25 bits per heavy atom. The van der Waals surface area contributed by atoms with Crippen molar-refractivity contribution in [3.63, 3.8) is 0 Å². The zero-order valence-electron chi connectivity index (χ0n) is 10.5. The first-order chi connectivity index (χ1) is 7.55. The zero-order valence-corrected chi connectivity index (χ0v) is 11.3. The molecule has 16 heavy (non-hydrogen) atoms. The molecule has 1 rings (SSSR count). The summed E-state index contributed by atoms with van der Waals surface area (Å²) in [6, 6.07) is 0. The highest BCUT2D eigenvalue weighted by Crippen LogP contribution is 2.35. The van der Waals surface area contributed by atoms with Crippen molar-refractivity contribution in [1.29, 1.82) is 0 Å². The van der Waals surface area contributed by atoms with Gasteiger partial charge >= 0.3 is 0 Å². The molecule has 3 unspecified atom stereocenters. The van der Waals surface area contributed by atoms with Crippen LogP contribution in [0.1, 0.15) is 46.0 Å². The quantitative estimate of drug-likeness (QED) is 0.808. The van der Waals surface area contributed by atoms with Gasteiger partial charge in [-0.15, -0.1) is 0 Å². The molecule has 0 spiro atoms. The van der Waals surface area contributed by atoms with E-state index in [2.05, 4.69) is 6.92 Å². The Balaban J connectivity index is 2.75. The van der Waals surface area contributed by atoms with E-state index >= 15 is 0 Å². The summed E-state index contributed by atoms with van der Waals surface area (Å²) in [7, 11) is -2.91. The van der Waals surface area contributed by atoms with E-state index in [1.54, 1.807) is 6.92 Å². The third kappa shape index (κ3) is 3.20. The molecule has 0 aromatic carbocycles. The molecule has 1 fully saturated rings. The molecular formula is C12H25NO2S. The summed E-state index contributed by atoms with van der Waals surface area (Å²) < 4.78 is 24.0. The average molecular weight is 247 g/mol. The molecular weight excluding hydrogens is 222 g/mol. The van der Waals surface area contributed by atoms with Crippen LogP contribution >= 0.6 is 0 Å². The molecule has 0 amide bonds. The molecule has 3 atom stereocenters. The van der Waals surface area contributed by atoms with E-state index in [0.29, 0.717) is 12.5 Å². The van der Waals surface area contributed by atoms with Gasteiger partial charge in [0.15, 0.2) is 9.84 Å². The summed E-state index contributed by atoms with van der Waals surface area (Å²) in [5.41, 5.74) is 5.70. The van der Waals surface area contributed by atoms with Gasteiger partial charge in [0.1, 0.15) is 0 Å². The average Bonchev–Trinajstić information content (AvgIpc) is 2.29. The first kappa shape index (κ1) is 14.0. The van der Waals surface area contributed by atoms with E-state index in [0.717, 1.165) is 32.1 Å². The van der Waals surface area contributed by atoms with Crippen LogP contribution < -0.4 is 5.73 Å². The number of sulfone groups is 1. The predicted molar refractivity (Wildman–Crippen MR) is 68.0 cm³/mol. The highest BCUT2D eigenvalue weighted by atomic mass is 32.2. The van der Waals surface area contributed by atoms with Gasteiger partial charge in [-0.05, 0) is 31.2 Å². The van der Waals surface area contributed by atoms with E-state index in [4.69, 9.17) is 5.73 Å². The second-order valence-corrected chi connectivity index (χ2v) is 7.46. The maximum atomic E-state index is 12.0. The maximum Gasteiger partial charge on any atom is 0.153 e. The summed E-state index contributed by atoms with van der Waals surface area (Å²) in [5, 5.41) is -0.173. The lowest BCUT2D eigenvalue weighted by Crippen LogP contribution is -2.40. The summed E-state index contributed by atoms with van der Waals surface area (Å²) in [6.45, 7) is 4.42. The largest absolute Gasteiger partial charge is 0.330 e. The van der Waals surface area contributed by atoms with E-state index in [1.807, 2.05) is 0 Å². The Hall–Kier alpha value is -0.0900. The molecule has 0 aliphatic heterocycles. The summed E-state index contributed by atoms with van der Waals surface area (Å²) in [4.78, 5) is 0. The van der Waals surface area contributed by atoms with Gasteiger partial charge in [0.05, 0.1) is 5.25 Å². The van der Waals surface area contributed by atoms with E-state index < -0.39 is 9.84 Å². The molecule has 4 heteroatoms. The lowest BCUT2D eigenvalue weighted by atomic mass is 9.80. The van der Waals surface area contributed by atoms with Crippen LogP contribution in [0.25, 0.3) is 0 Å². The van der Waals surface area contributed by atoms with E-state index in [1.165, 1.54) is 0 Å². The summed E-state index contributed by atoms with van der Waals surface area (Å²) in [5.74, 6) is 1.05. The van der Waals surface area contributed by atoms with Gasteiger partial charge in [0, 0.05) is 5.75 Å². The van der Waals surface area contributed by atoms with Crippen molar-refractivity contribution in [3.8, 4) is 0 Å². The Bertz CT molecular complexity index is 300. The Labute approximate surface area is 99.7 Å². The normalized spacial score (nSPS) is 31.6. The number of hydrogen-bond acceptors (Lipinski definition) is 3. The second-order valence-electron chi connectivity index (χ2n) is 4.95. The predicted octanol–water partition coefficient (Wildman–Crippen LogP) is 1.96. The van der Waals surface area contributed by atoms with Crippen LogP contribution in [0.5, 0.6) is 0 Å². The molecule has 1 aliphatic rings. The summed E-state index contributed by atoms with van der Waals surface area (Å²) in [6.07, 6.45) is 5.30. The Kier molecular flexibility index (Phi) is 5.25. The highest BCUT2D eigenvalue weighted by molar-refractivity contribution is 7.92. The van der Waals surface area contributed by atoms with Crippen LogP contribution in [-0.2, 0) is 9.84 Å². The molecule has 0 radical (unpaired) electrons. The molecule has 0 bridgehead atoms. The Morgan fingerprint density at radius 3 is 2.44 bits per heavy atom. The number of rotatable bonds is 5. The molecule has 0 heterocycles. The van der Waals surface area contributed by atoms with Gasteiger partial charge in [0.2, 0.25) is 0 Å². The first-order valence-corrected chi connectivity index (χ1v) is 8.18. The van der Waals surface area contributed by atoms with E-state index in [9.17, 15) is 8.42 Å². The Morgan fingerprint density at radius 2 is 1.94 bits per heavy atom. The van der Waals surface area contributed by atoms with Crippen LogP contribution in [0.15, 0.2) is 0 Å². The third-order valence-electron chi connectivity index (χ3n) is 3.90. The van der Waals surface area contributed by atoms with E-state index in [-0.39, 0.29) is 16.9 Å². The maximum absolute atomic E-state index is 12.0. The molecule has 1 aliphatic carbocycles.